The quantitative estimate of drug-likeness (QED) is 0.761. The Labute approximate surface area is 160 Å². The summed E-state index contributed by atoms with van der Waals surface area (Å²) >= 11 is 0. The number of hydrogen-bond acceptors (Lipinski definition) is 6. The number of pyridine rings is 1. The van der Waals surface area contributed by atoms with E-state index in [1.165, 1.54) is 6.07 Å². The van der Waals surface area contributed by atoms with Crippen LogP contribution in [0.4, 0.5) is 30.4 Å². The molecule has 2 aromatic rings. The van der Waals surface area contributed by atoms with Crippen LogP contribution in [0.1, 0.15) is 36.6 Å². The minimum absolute atomic E-state index is 0.00271. The number of aromatic nitrogens is 3. The highest BCUT2D eigenvalue weighted by molar-refractivity contribution is 5.68. The van der Waals surface area contributed by atoms with Gasteiger partial charge in [-0.3, -0.25) is 4.68 Å². The summed E-state index contributed by atoms with van der Waals surface area (Å²) in [7, 11) is 0. The average molecular weight is 397 g/mol. The van der Waals surface area contributed by atoms with Crippen molar-refractivity contribution in [3.8, 4) is 5.88 Å². The van der Waals surface area contributed by atoms with Crippen LogP contribution in [0, 0.1) is 6.92 Å². The molecule has 2 bridgehead atoms. The molecule has 4 rings (SSSR count). The highest BCUT2D eigenvalue weighted by atomic mass is 19.4. The molecule has 0 aromatic carbocycles. The molecule has 0 unspecified atom stereocenters. The van der Waals surface area contributed by atoms with Gasteiger partial charge >= 0.3 is 6.18 Å². The molecule has 0 amide bonds. The van der Waals surface area contributed by atoms with Crippen LogP contribution >= 0.6 is 0 Å². The van der Waals surface area contributed by atoms with Crippen molar-refractivity contribution < 1.29 is 22.6 Å². The van der Waals surface area contributed by atoms with E-state index in [9.17, 15) is 13.2 Å². The van der Waals surface area contributed by atoms with Gasteiger partial charge in [-0.1, -0.05) is 0 Å². The van der Waals surface area contributed by atoms with Gasteiger partial charge in [0.25, 0.3) is 5.88 Å². The first-order valence-electron chi connectivity index (χ1n) is 9.31. The standard InChI is InChI=1S/C18H22F3N5O2/c1-11-16-17(25-26(11)12-3-7-27-8-4-12)28-6-2-5-22-14-9-15(24-16)23-10-13(14)18(19,20)21/h9-10,12,22H,2-8H2,1H3,(H,23,24). The van der Waals surface area contributed by atoms with Crippen molar-refractivity contribution in [2.45, 2.75) is 38.4 Å². The number of rotatable bonds is 1. The van der Waals surface area contributed by atoms with E-state index in [0.29, 0.717) is 50.2 Å². The van der Waals surface area contributed by atoms with Crippen LogP contribution in [0.15, 0.2) is 12.3 Å². The minimum Gasteiger partial charge on any atom is -0.475 e. The predicted molar refractivity (Wildman–Crippen MR) is 97.2 cm³/mol. The summed E-state index contributed by atoms with van der Waals surface area (Å²) in [6.07, 6.45) is -1.37. The van der Waals surface area contributed by atoms with Crippen molar-refractivity contribution in [2.75, 3.05) is 37.0 Å². The first-order chi connectivity index (χ1) is 13.4. The summed E-state index contributed by atoms with van der Waals surface area (Å²) < 4.78 is 52.9. The fraction of sp³-hybridized carbons (Fsp3) is 0.556. The van der Waals surface area contributed by atoms with Crippen LogP contribution < -0.4 is 15.4 Å². The summed E-state index contributed by atoms with van der Waals surface area (Å²) in [6, 6.07) is 1.58. The molecule has 1 saturated heterocycles. The molecule has 2 N–H and O–H groups in total. The highest BCUT2D eigenvalue weighted by Gasteiger charge is 2.34. The maximum absolute atomic E-state index is 13.3. The van der Waals surface area contributed by atoms with Gasteiger partial charge in [-0.25, -0.2) is 4.98 Å². The molecule has 0 spiro atoms. The van der Waals surface area contributed by atoms with E-state index in [2.05, 4.69) is 20.7 Å². The molecule has 0 aliphatic carbocycles. The molecule has 10 heteroatoms. The Balaban J connectivity index is 1.71. The maximum atomic E-state index is 13.3. The van der Waals surface area contributed by atoms with Gasteiger partial charge in [-0.2, -0.15) is 13.2 Å². The van der Waals surface area contributed by atoms with Crippen LogP contribution in [0.2, 0.25) is 0 Å². The number of fused-ring (bicyclic) bond motifs is 3. The molecule has 28 heavy (non-hydrogen) atoms. The van der Waals surface area contributed by atoms with Crippen LogP contribution in [0.5, 0.6) is 5.88 Å². The summed E-state index contributed by atoms with van der Waals surface area (Å²) in [5.74, 6) is 0.742. The largest absolute Gasteiger partial charge is 0.475 e. The van der Waals surface area contributed by atoms with E-state index < -0.39 is 11.7 Å². The topological polar surface area (TPSA) is 73.2 Å². The Morgan fingerprint density at radius 1 is 1.21 bits per heavy atom. The molecule has 0 saturated carbocycles. The van der Waals surface area contributed by atoms with Gasteiger partial charge < -0.3 is 20.1 Å². The molecule has 4 heterocycles. The first kappa shape index (κ1) is 18.9. The van der Waals surface area contributed by atoms with E-state index in [1.54, 1.807) is 0 Å². The number of anilines is 3. The number of nitrogens with zero attached hydrogens (tertiary/aromatic N) is 3. The zero-order chi connectivity index (χ0) is 19.7. The van der Waals surface area contributed by atoms with E-state index >= 15 is 0 Å². The number of hydrogen-bond donors (Lipinski definition) is 2. The van der Waals surface area contributed by atoms with Gasteiger partial charge in [0, 0.05) is 32.0 Å². The molecule has 0 radical (unpaired) electrons. The van der Waals surface area contributed by atoms with Crippen molar-refractivity contribution in [1.29, 1.82) is 0 Å². The Morgan fingerprint density at radius 3 is 2.75 bits per heavy atom. The Morgan fingerprint density at radius 2 is 2.00 bits per heavy atom. The fourth-order valence-electron chi connectivity index (χ4n) is 3.51. The normalized spacial score (nSPS) is 18.3. The zero-order valence-electron chi connectivity index (χ0n) is 15.5. The molecule has 2 aliphatic rings. The second kappa shape index (κ2) is 7.50. The molecular weight excluding hydrogens is 375 g/mol. The van der Waals surface area contributed by atoms with Gasteiger partial charge in [0.1, 0.15) is 11.5 Å². The molecule has 1 fully saturated rings. The minimum atomic E-state index is -4.47. The second-order valence-electron chi connectivity index (χ2n) is 6.92. The molecule has 152 valence electrons. The van der Waals surface area contributed by atoms with Crippen LogP contribution in [0.25, 0.3) is 0 Å². The predicted octanol–water partition coefficient (Wildman–Crippen LogP) is 3.89. The number of halogens is 3. The van der Waals surface area contributed by atoms with Gasteiger partial charge in [-0.15, -0.1) is 5.10 Å². The number of alkyl halides is 3. The Hall–Kier alpha value is -2.49. The van der Waals surface area contributed by atoms with E-state index in [1.807, 2.05) is 11.6 Å². The molecule has 2 aromatic heterocycles. The van der Waals surface area contributed by atoms with Crippen molar-refractivity contribution in [3.05, 3.63) is 23.5 Å². The molecular formula is C18H22F3N5O2. The Kier molecular flexibility index (Phi) is 5.05. The average Bonchev–Trinajstić information content (AvgIpc) is 2.96. The summed E-state index contributed by atoms with van der Waals surface area (Å²) in [5.41, 5.74) is 0.708. The smallest absolute Gasteiger partial charge is 0.419 e. The lowest BCUT2D eigenvalue weighted by molar-refractivity contribution is -0.137. The molecule has 0 atom stereocenters. The highest BCUT2D eigenvalue weighted by Crippen LogP contribution is 2.38. The first-order valence-corrected chi connectivity index (χ1v) is 9.31. The fourth-order valence-corrected chi connectivity index (χ4v) is 3.51. The van der Waals surface area contributed by atoms with Crippen molar-refractivity contribution in [1.82, 2.24) is 14.8 Å². The van der Waals surface area contributed by atoms with Gasteiger partial charge in [-0.05, 0) is 26.2 Å². The SMILES string of the molecule is Cc1c2c(nn1C1CCOCC1)OCCCNc1cc(ncc1C(F)(F)F)N2. The third-order valence-electron chi connectivity index (χ3n) is 4.99. The van der Waals surface area contributed by atoms with Crippen molar-refractivity contribution in [2.24, 2.45) is 0 Å². The monoisotopic (exact) mass is 397 g/mol. The summed E-state index contributed by atoms with van der Waals surface area (Å²) in [6.45, 7) is 3.97. The van der Waals surface area contributed by atoms with Crippen molar-refractivity contribution in [3.63, 3.8) is 0 Å². The zero-order valence-corrected chi connectivity index (χ0v) is 15.5. The van der Waals surface area contributed by atoms with Crippen LogP contribution in [-0.4, -0.2) is 41.1 Å². The maximum Gasteiger partial charge on any atom is 0.419 e. The van der Waals surface area contributed by atoms with E-state index in [4.69, 9.17) is 9.47 Å². The van der Waals surface area contributed by atoms with E-state index in [-0.39, 0.29) is 11.7 Å². The number of nitrogens with one attached hydrogen (secondary N) is 2. The third kappa shape index (κ3) is 3.73. The van der Waals surface area contributed by atoms with Gasteiger partial charge in [0.2, 0.25) is 0 Å². The summed E-state index contributed by atoms with van der Waals surface area (Å²) in [4.78, 5) is 3.96. The van der Waals surface area contributed by atoms with Gasteiger partial charge in [0.05, 0.1) is 29.6 Å². The lowest BCUT2D eigenvalue weighted by Crippen LogP contribution is -2.21. The lowest BCUT2D eigenvalue weighted by Gasteiger charge is -2.23. The third-order valence-corrected chi connectivity index (χ3v) is 4.99. The molecule has 7 nitrogen and oxygen atoms in total. The summed E-state index contributed by atoms with van der Waals surface area (Å²) in [5, 5.41) is 10.6. The van der Waals surface area contributed by atoms with Crippen molar-refractivity contribution >= 4 is 17.2 Å². The lowest BCUT2D eigenvalue weighted by atomic mass is 10.1. The van der Waals surface area contributed by atoms with Crippen LogP contribution in [0.3, 0.4) is 0 Å². The van der Waals surface area contributed by atoms with Gasteiger partial charge in [0.15, 0.2) is 0 Å². The van der Waals surface area contributed by atoms with E-state index in [0.717, 1.165) is 24.7 Å². The molecule has 2 aliphatic heterocycles. The van der Waals surface area contributed by atoms with Crippen LogP contribution in [-0.2, 0) is 10.9 Å². The Bertz CT molecular complexity index is 846. The second-order valence-corrected chi connectivity index (χ2v) is 6.92. The number of ether oxygens (including phenoxy) is 2.